The van der Waals surface area contributed by atoms with Gasteiger partial charge in [0.05, 0.1) is 11.4 Å². The molecule has 0 radical (unpaired) electrons. The largest absolute Gasteiger partial charge is 0.324 e. The highest BCUT2D eigenvalue weighted by atomic mass is 15.2. The highest BCUT2D eigenvalue weighted by Crippen LogP contribution is 2.23. The Hall–Kier alpha value is -1.13. The van der Waals surface area contributed by atoms with Crippen molar-refractivity contribution in [1.82, 2.24) is 9.88 Å². The Morgan fingerprint density at radius 1 is 1.44 bits per heavy atom. The van der Waals surface area contributed by atoms with Gasteiger partial charge in [-0.2, -0.15) is 0 Å². The molecule has 0 amide bonds. The molecule has 0 bridgehead atoms. The quantitative estimate of drug-likeness (QED) is 0.598. The molecule has 2 unspecified atom stereocenters. The fraction of sp³-hybridized carbons (Fsp3) is 0.583. The van der Waals surface area contributed by atoms with E-state index in [0.717, 1.165) is 29.8 Å². The van der Waals surface area contributed by atoms with Crippen molar-refractivity contribution in [1.29, 1.82) is 0 Å². The van der Waals surface area contributed by atoms with Crippen molar-refractivity contribution in [3.63, 3.8) is 0 Å². The van der Waals surface area contributed by atoms with Crippen LogP contribution in [-0.4, -0.2) is 23.0 Å². The van der Waals surface area contributed by atoms with Gasteiger partial charge in [0.15, 0.2) is 0 Å². The number of likely N-dealkylation sites (tertiary alicyclic amines) is 1. The molecule has 3 N–H and O–H groups in total. The van der Waals surface area contributed by atoms with Gasteiger partial charge in [0.25, 0.3) is 0 Å². The molecule has 1 aliphatic rings. The summed E-state index contributed by atoms with van der Waals surface area (Å²) in [6.07, 6.45) is 1.80. The van der Waals surface area contributed by atoms with E-state index < -0.39 is 0 Å². The molecule has 1 saturated heterocycles. The number of hydrazine groups is 1. The molecule has 2 rings (SSSR count). The van der Waals surface area contributed by atoms with Crippen LogP contribution in [-0.2, 0) is 6.54 Å². The van der Waals surface area contributed by atoms with Crippen LogP contribution in [0.15, 0.2) is 18.3 Å². The first kappa shape index (κ1) is 11.4. The van der Waals surface area contributed by atoms with Gasteiger partial charge in [-0.05, 0) is 24.0 Å². The van der Waals surface area contributed by atoms with Crippen LogP contribution in [0.5, 0.6) is 0 Å². The lowest BCUT2D eigenvalue weighted by molar-refractivity contribution is 0.312. The molecule has 2 heterocycles. The van der Waals surface area contributed by atoms with E-state index in [1.807, 2.05) is 12.1 Å². The van der Waals surface area contributed by atoms with Crippen molar-refractivity contribution in [3.8, 4) is 0 Å². The molecular formula is C12H20N4. The standard InChI is InChI=1S/C12H20N4/c1-9-6-16(7-10(9)2)8-12-5-11(15-13)3-4-14-12/h3-5,9-10H,6-8,13H2,1-2H3,(H,14,15). The molecule has 0 aliphatic carbocycles. The van der Waals surface area contributed by atoms with Crippen molar-refractivity contribution in [2.75, 3.05) is 18.5 Å². The maximum absolute atomic E-state index is 5.38. The average molecular weight is 220 g/mol. The van der Waals surface area contributed by atoms with Gasteiger partial charge >= 0.3 is 0 Å². The molecule has 1 fully saturated rings. The molecule has 4 heteroatoms. The summed E-state index contributed by atoms with van der Waals surface area (Å²) in [6.45, 7) is 7.89. The molecule has 88 valence electrons. The molecule has 1 aromatic heterocycles. The van der Waals surface area contributed by atoms with E-state index >= 15 is 0 Å². The van der Waals surface area contributed by atoms with E-state index in [2.05, 4.69) is 29.2 Å². The molecular weight excluding hydrogens is 200 g/mol. The number of hydrogen-bond acceptors (Lipinski definition) is 4. The fourth-order valence-corrected chi connectivity index (χ4v) is 2.26. The van der Waals surface area contributed by atoms with Gasteiger partial charge in [0.2, 0.25) is 0 Å². The minimum Gasteiger partial charge on any atom is -0.324 e. The molecule has 2 atom stereocenters. The number of anilines is 1. The number of aromatic nitrogens is 1. The van der Waals surface area contributed by atoms with Crippen LogP contribution < -0.4 is 11.3 Å². The van der Waals surface area contributed by atoms with Crippen molar-refractivity contribution in [2.45, 2.75) is 20.4 Å². The fourth-order valence-electron chi connectivity index (χ4n) is 2.26. The molecule has 16 heavy (non-hydrogen) atoms. The van der Waals surface area contributed by atoms with Gasteiger partial charge in [-0.25, -0.2) is 0 Å². The van der Waals surface area contributed by atoms with Gasteiger partial charge in [-0.3, -0.25) is 15.7 Å². The summed E-state index contributed by atoms with van der Waals surface area (Å²) in [6, 6.07) is 3.88. The van der Waals surface area contributed by atoms with Crippen LogP contribution in [0, 0.1) is 11.8 Å². The Morgan fingerprint density at radius 3 is 2.75 bits per heavy atom. The normalized spacial score (nSPS) is 25.9. The number of nitrogen functional groups attached to an aromatic ring is 1. The minimum atomic E-state index is 0.788. The SMILES string of the molecule is CC1CN(Cc2cc(NN)ccn2)CC1C. The monoisotopic (exact) mass is 220 g/mol. The van der Waals surface area contributed by atoms with Crippen LogP contribution in [0.25, 0.3) is 0 Å². The Bertz CT molecular complexity index is 343. The summed E-state index contributed by atoms with van der Waals surface area (Å²) in [5.74, 6) is 6.96. The highest BCUT2D eigenvalue weighted by molar-refractivity contribution is 5.41. The number of hydrogen-bond donors (Lipinski definition) is 2. The molecule has 1 aromatic rings. The summed E-state index contributed by atoms with van der Waals surface area (Å²) in [5, 5.41) is 0. The van der Waals surface area contributed by atoms with E-state index in [1.165, 1.54) is 13.1 Å². The molecule has 0 spiro atoms. The third kappa shape index (κ3) is 2.51. The zero-order valence-corrected chi connectivity index (χ0v) is 9.98. The zero-order chi connectivity index (χ0) is 11.5. The van der Waals surface area contributed by atoms with E-state index in [9.17, 15) is 0 Å². The minimum absolute atomic E-state index is 0.788. The lowest BCUT2D eigenvalue weighted by Gasteiger charge is -2.15. The lowest BCUT2D eigenvalue weighted by atomic mass is 10.0. The highest BCUT2D eigenvalue weighted by Gasteiger charge is 2.25. The number of rotatable bonds is 3. The first-order valence-corrected chi connectivity index (χ1v) is 5.83. The van der Waals surface area contributed by atoms with Crippen LogP contribution in [0.2, 0.25) is 0 Å². The van der Waals surface area contributed by atoms with Crippen LogP contribution in [0.3, 0.4) is 0 Å². The van der Waals surface area contributed by atoms with Gasteiger partial charge in [-0.1, -0.05) is 13.8 Å². The number of nitrogens with one attached hydrogen (secondary N) is 1. The molecule has 0 aromatic carbocycles. The first-order valence-electron chi connectivity index (χ1n) is 5.83. The summed E-state index contributed by atoms with van der Waals surface area (Å²) in [4.78, 5) is 6.82. The van der Waals surface area contributed by atoms with Gasteiger partial charge in [0, 0.05) is 25.8 Å². The predicted molar refractivity (Wildman–Crippen MR) is 65.7 cm³/mol. The second-order valence-electron chi connectivity index (χ2n) is 4.83. The van der Waals surface area contributed by atoms with Crippen molar-refractivity contribution in [2.24, 2.45) is 17.7 Å². The van der Waals surface area contributed by atoms with E-state index in [4.69, 9.17) is 5.84 Å². The Morgan fingerprint density at radius 2 is 2.12 bits per heavy atom. The number of pyridine rings is 1. The van der Waals surface area contributed by atoms with Crippen LogP contribution >= 0.6 is 0 Å². The first-order chi connectivity index (χ1) is 7.69. The van der Waals surface area contributed by atoms with Crippen molar-refractivity contribution in [3.05, 3.63) is 24.0 Å². The number of nitrogens with zero attached hydrogens (tertiary/aromatic N) is 2. The van der Waals surface area contributed by atoms with E-state index in [0.29, 0.717) is 0 Å². The number of nitrogens with two attached hydrogens (primary N) is 1. The van der Waals surface area contributed by atoms with Crippen molar-refractivity contribution < 1.29 is 0 Å². The van der Waals surface area contributed by atoms with E-state index in [-0.39, 0.29) is 0 Å². The summed E-state index contributed by atoms with van der Waals surface area (Å²) >= 11 is 0. The van der Waals surface area contributed by atoms with Gasteiger partial charge in [0.1, 0.15) is 0 Å². The zero-order valence-electron chi connectivity index (χ0n) is 9.98. The van der Waals surface area contributed by atoms with Crippen LogP contribution in [0.4, 0.5) is 5.69 Å². The Balaban J connectivity index is 1.99. The molecule has 0 saturated carbocycles. The summed E-state index contributed by atoms with van der Waals surface area (Å²) in [5.41, 5.74) is 4.65. The average Bonchev–Trinajstić information content (AvgIpc) is 2.58. The molecule has 4 nitrogen and oxygen atoms in total. The second kappa shape index (κ2) is 4.80. The van der Waals surface area contributed by atoms with Gasteiger partial charge < -0.3 is 5.43 Å². The third-order valence-corrected chi connectivity index (χ3v) is 3.43. The maximum Gasteiger partial charge on any atom is 0.0564 e. The topological polar surface area (TPSA) is 54.2 Å². The Kier molecular flexibility index (Phi) is 3.41. The summed E-state index contributed by atoms with van der Waals surface area (Å²) < 4.78 is 0. The Labute approximate surface area is 96.8 Å². The molecule has 1 aliphatic heterocycles. The predicted octanol–water partition coefficient (Wildman–Crippen LogP) is 1.46. The lowest BCUT2D eigenvalue weighted by Crippen LogP contribution is -2.21. The third-order valence-electron chi connectivity index (χ3n) is 3.43. The second-order valence-corrected chi connectivity index (χ2v) is 4.83. The van der Waals surface area contributed by atoms with Crippen LogP contribution in [0.1, 0.15) is 19.5 Å². The van der Waals surface area contributed by atoms with Crippen molar-refractivity contribution >= 4 is 5.69 Å². The van der Waals surface area contributed by atoms with Gasteiger partial charge in [-0.15, -0.1) is 0 Å². The maximum atomic E-state index is 5.38. The van der Waals surface area contributed by atoms with E-state index in [1.54, 1.807) is 6.20 Å². The smallest absolute Gasteiger partial charge is 0.0564 e. The summed E-state index contributed by atoms with van der Waals surface area (Å²) in [7, 11) is 0.